The van der Waals surface area contributed by atoms with Gasteiger partial charge in [0.15, 0.2) is 6.10 Å². The molecule has 1 heterocycles. The number of rotatable bonds is 1. The van der Waals surface area contributed by atoms with Crippen LogP contribution in [0.3, 0.4) is 0 Å². The highest BCUT2D eigenvalue weighted by molar-refractivity contribution is 5.71. The summed E-state index contributed by atoms with van der Waals surface area (Å²) in [4.78, 5) is 15.6. The molecule has 3 rings (SSSR count). The summed E-state index contributed by atoms with van der Waals surface area (Å²) in [6, 6.07) is 7.21. The first-order chi connectivity index (χ1) is 9.16. The second kappa shape index (κ2) is 4.50. The molecular formula is C14H14N2O3. The van der Waals surface area contributed by atoms with Crippen molar-refractivity contribution < 1.29 is 14.3 Å². The minimum Gasteiger partial charge on any atom is -0.618 e. The van der Waals surface area contributed by atoms with Gasteiger partial charge in [-0.15, -0.1) is 0 Å². The predicted molar refractivity (Wildman–Crippen MR) is 68.1 cm³/mol. The minimum absolute atomic E-state index is 0.342. The van der Waals surface area contributed by atoms with Gasteiger partial charge in [-0.3, -0.25) is 4.79 Å². The largest absolute Gasteiger partial charge is 0.618 e. The van der Waals surface area contributed by atoms with Crippen LogP contribution in [0.1, 0.15) is 37.3 Å². The Kier molecular flexibility index (Phi) is 2.81. The summed E-state index contributed by atoms with van der Waals surface area (Å²) < 4.78 is 6.19. The lowest BCUT2D eigenvalue weighted by Gasteiger charge is -2.23. The fourth-order valence-corrected chi connectivity index (χ4v) is 2.57. The number of hydrogen-bond donors (Lipinski definition) is 0. The summed E-state index contributed by atoms with van der Waals surface area (Å²) in [6.45, 7) is 1.38. The highest BCUT2D eigenvalue weighted by atomic mass is 16.5. The molecule has 1 aromatic heterocycles. The Hall–Kier alpha value is -2.17. The van der Waals surface area contributed by atoms with Crippen LogP contribution in [0, 0.1) is 5.21 Å². The van der Waals surface area contributed by atoms with Crippen LogP contribution in [-0.4, -0.2) is 11.0 Å². The lowest BCUT2D eigenvalue weighted by molar-refractivity contribution is -0.587. The van der Waals surface area contributed by atoms with Gasteiger partial charge in [-0.25, -0.2) is 4.98 Å². The Labute approximate surface area is 110 Å². The third-order valence-corrected chi connectivity index (χ3v) is 3.38. The Morgan fingerprint density at radius 1 is 1.47 bits per heavy atom. The first-order valence-electron chi connectivity index (χ1n) is 6.35. The Morgan fingerprint density at radius 3 is 3.05 bits per heavy atom. The topological polar surface area (TPSA) is 66.1 Å². The van der Waals surface area contributed by atoms with E-state index < -0.39 is 6.10 Å². The highest BCUT2D eigenvalue weighted by Gasteiger charge is 2.31. The molecule has 0 N–H and O–H groups in total. The zero-order valence-corrected chi connectivity index (χ0v) is 10.6. The molecule has 98 valence electrons. The number of benzene rings is 1. The molecule has 0 aliphatic heterocycles. The van der Waals surface area contributed by atoms with Crippen molar-refractivity contribution in [2.24, 2.45) is 0 Å². The van der Waals surface area contributed by atoms with E-state index in [1.54, 1.807) is 12.1 Å². The van der Waals surface area contributed by atoms with E-state index in [2.05, 4.69) is 4.98 Å². The molecule has 1 aromatic carbocycles. The average Bonchev–Trinajstić information content (AvgIpc) is 2.40. The van der Waals surface area contributed by atoms with Crippen LogP contribution in [0.5, 0.6) is 0 Å². The van der Waals surface area contributed by atoms with Crippen LogP contribution in [0.25, 0.3) is 11.0 Å². The third-order valence-electron chi connectivity index (χ3n) is 3.38. The van der Waals surface area contributed by atoms with Gasteiger partial charge < -0.3 is 9.94 Å². The normalized spacial score (nSPS) is 18.1. The summed E-state index contributed by atoms with van der Waals surface area (Å²) in [5.74, 6) is -0.342. The van der Waals surface area contributed by atoms with E-state index in [0.717, 1.165) is 17.6 Å². The SMILES string of the molecule is CC(=O)O[C@@H]1CCCc2c1nc1ccccc1[n+]2[O-]. The fourth-order valence-electron chi connectivity index (χ4n) is 2.57. The first kappa shape index (κ1) is 11.9. The molecule has 0 saturated carbocycles. The molecule has 5 heteroatoms. The number of ether oxygens (including phenoxy) is 1. The number of aromatic nitrogens is 2. The Morgan fingerprint density at radius 2 is 2.26 bits per heavy atom. The number of hydrogen-bond acceptors (Lipinski definition) is 4. The van der Waals surface area contributed by atoms with Crippen molar-refractivity contribution in [2.75, 3.05) is 0 Å². The average molecular weight is 258 g/mol. The van der Waals surface area contributed by atoms with Crippen molar-refractivity contribution in [3.63, 3.8) is 0 Å². The van der Waals surface area contributed by atoms with Crippen molar-refractivity contribution >= 4 is 17.0 Å². The molecule has 0 radical (unpaired) electrons. The van der Waals surface area contributed by atoms with Crippen molar-refractivity contribution in [1.82, 2.24) is 4.98 Å². The number of esters is 1. The maximum atomic E-state index is 12.3. The standard InChI is InChI=1S/C14H14N2O3/c1-9(17)19-13-8-4-7-12-14(13)15-10-5-2-3-6-11(10)16(12)18/h2-3,5-6,13H,4,7-8H2,1H3/t13-/m1/s1. The fraction of sp³-hybridized carbons (Fsp3) is 0.357. The van der Waals surface area contributed by atoms with Gasteiger partial charge in [0.1, 0.15) is 11.2 Å². The molecule has 1 atom stereocenters. The second-order valence-electron chi connectivity index (χ2n) is 4.72. The van der Waals surface area contributed by atoms with Gasteiger partial charge in [0.05, 0.1) is 0 Å². The molecule has 0 amide bonds. The summed E-state index contributed by atoms with van der Waals surface area (Å²) in [6.07, 6.45) is 1.82. The summed E-state index contributed by atoms with van der Waals surface area (Å²) in [5, 5.41) is 12.3. The molecule has 19 heavy (non-hydrogen) atoms. The lowest BCUT2D eigenvalue weighted by atomic mass is 9.97. The molecule has 0 fully saturated rings. The number of carbonyl (C=O) groups is 1. The van der Waals surface area contributed by atoms with Crippen LogP contribution in [0.4, 0.5) is 0 Å². The summed E-state index contributed by atoms with van der Waals surface area (Å²) >= 11 is 0. The van der Waals surface area contributed by atoms with Gasteiger partial charge in [-0.2, -0.15) is 4.73 Å². The molecule has 1 aliphatic rings. The van der Waals surface area contributed by atoms with E-state index in [-0.39, 0.29) is 5.97 Å². The summed E-state index contributed by atoms with van der Waals surface area (Å²) in [7, 11) is 0. The zero-order chi connectivity index (χ0) is 13.4. The number of para-hydroxylation sites is 2. The molecule has 0 unspecified atom stereocenters. The van der Waals surface area contributed by atoms with E-state index in [4.69, 9.17) is 4.74 Å². The van der Waals surface area contributed by atoms with Crippen LogP contribution in [0.15, 0.2) is 24.3 Å². The smallest absolute Gasteiger partial charge is 0.303 e. The molecule has 5 nitrogen and oxygen atoms in total. The summed E-state index contributed by atoms with van der Waals surface area (Å²) in [5.41, 5.74) is 2.42. The van der Waals surface area contributed by atoms with Crippen LogP contribution in [-0.2, 0) is 16.0 Å². The van der Waals surface area contributed by atoms with Gasteiger partial charge in [0, 0.05) is 19.4 Å². The first-order valence-corrected chi connectivity index (χ1v) is 6.35. The third kappa shape index (κ3) is 2.01. The number of fused-ring (bicyclic) bond motifs is 2. The molecule has 0 saturated heterocycles. The van der Waals surface area contributed by atoms with E-state index >= 15 is 0 Å². The lowest BCUT2D eigenvalue weighted by Crippen LogP contribution is -2.38. The number of nitrogens with zero attached hydrogens (tertiary/aromatic N) is 2. The Bertz CT molecular complexity index is 654. The Balaban J connectivity index is 2.18. The van der Waals surface area contributed by atoms with Crippen molar-refractivity contribution in [2.45, 2.75) is 32.3 Å². The van der Waals surface area contributed by atoms with Gasteiger partial charge in [-0.1, -0.05) is 12.1 Å². The van der Waals surface area contributed by atoms with Gasteiger partial charge >= 0.3 is 5.97 Å². The molecule has 2 aromatic rings. The number of carbonyl (C=O) groups excluding carboxylic acids is 1. The van der Waals surface area contributed by atoms with E-state index in [1.165, 1.54) is 6.92 Å². The van der Waals surface area contributed by atoms with Crippen LogP contribution >= 0.6 is 0 Å². The quantitative estimate of drug-likeness (QED) is 0.444. The minimum atomic E-state index is -0.397. The van der Waals surface area contributed by atoms with Crippen molar-refractivity contribution in [1.29, 1.82) is 0 Å². The van der Waals surface area contributed by atoms with Gasteiger partial charge in [0.25, 0.3) is 0 Å². The monoisotopic (exact) mass is 258 g/mol. The zero-order valence-electron chi connectivity index (χ0n) is 10.6. The van der Waals surface area contributed by atoms with E-state index in [9.17, 15) is 10.0 Å². The van der Waals surface area contributed by atoms with Crippen molar-refractivity contribution in [3.8, 4) is 0 Å². The molecule has 1 aliphatic carbocycles. The van der Waals surface area contributed by atoms with Crippen molar-refractivity contribution in [3.05, 3.63) is 40.9 Å². The van der Waals surface area contributed by atoms with E-state index in [1.807, 2.05) is 12.1 Å². The molecule has 0 spiro atoms. The highest BCUT2D eigenvalue weighted by Crippen LogP contribution is 2.30. The molecular weight excluding hydrogens is 244 g/mol. The van der Waals surface area contributed by atoms with Crippen LogP contribution in [0.2, 0.25) is 0 Å². The second-order valence-corrected chi connectivity index (χ2v) is 4.72. The predicted octanol–water partition coefficient (Wildman–Crippen LogP) is 1.81. The maximum Gasteiger partial charge on any atom is 0.303 e. The van der Waals surface area contributed by atoms with E-state index in [0.29, 0.717) is 28.8 Å². The van der Waals surface area contributed by atoms with Crippen LogP contribution < -0.4 is 4.73 Å². The van der Waals surface area contributed by atoms with Gasteiger partial charge in [0.2, 0.25) is 11.2 Å². The van der Waals surface area contributed by atoms with Gasteiger partial charge in [-0.05, 0) is 18.9 Å². The maximum absolute atomic E-state index is 12.3. The molecule has 0 bridgehead atoms.